The third-order valence-electron chi connectivity index (χ3n) is 5.61. The van der Waals surface area contributed by atoms with Gasteiger partial charge < -0.3 is 29.5 Å². The van der Waals surface area contributed by atoms with Gasteiger partial charge in [0.15, 0.2) is 11.6 Å². The van der Waals surface area contributed by atoms with Gasteiger partial charge in [-0.1, -0.05) is 0 Å². The molecule has 10 heteroatoms. The summed E-state index contributed by atoms with van der Waals surface area (Å²) in [6, 6.07) is 0.957. The minimum atomic E-state index is -1.22. The van der Waals surface area contributed by atoms with Crippen molar-refractivity contribution < 1.29 is 23.8 Å². The number of hydrogen-bond donors (Lipinski definition) is 2. The van der Waals surface area contributed by atoms with Crippen molar-refractivity contribution in [3.8, 4) is 5.75 Å². The van der Waals surface area contributed by atoms with Crippen LogP contribution in [-0.4, -0.2) is 72.8 Å². The molecule has 0 saturated carbocycles. The number of rotatable bonds is 4. The molecule has 9 nitrogen and oxygen atoms in total. The number of piperazine rings is 1. The average Bonchev–Trinajstić information content (AvgIpc) is 2.71. The highest BCUT2D eigenvalue weighted by molar-refractivity contribution is 6.00. The fraction of sp³-hybridized carbons (Fsp3) is 0.450. The van der Waals surface area contributed by atoms with Gasteiger partial charge in [-0.05, 0) is 20.0 Å². The molecular weight excluding hydrogens is 395 g/mol. The largest absolute Gasteiger partial charge is 0.487 e. The van der Waals surface area contributed by atoms with Gasteiger partial charge in [0.25, 0.3) is 5.91 Å². The molecule has 3 heterocycles. The van der Waals surface area contributed by atoms with E-state index >= 15 is 4.39 Å². The van der Waals surface area contributed by atoms with Crippen molar-refractivity contribution in [2.75, 3.05) is 51.3 Å². The SMILES string of the molecule is C[C@H]1COc2c(N3CCN(C)CC3)c(F)cc3c(=O)c(C(=O)NCC(=O)O)cn1c23. The number of aliphatic carboxylic acids is 1. The Morgan fingerprint density at radius 1 is 1.30 bits per heavy atom. The standard InChI is InChI=1S/C20H23FN4O5/c1-11-10-30-19-16-12(7-14(21)17(19)24-5-3-23(2)4-6-24)18(28)13(9-25(11)16)20(29)22-8-15(26)27/h7,9,11H,3-6,8,10H2,1-2H3,(H,22,29)(H,26,27)/t11-/m0/s1. The smallest absolute Gasteiger partial charge is 0.322 e. The molecule has 4 rings (SSSR count). The van der Waals surface area contributed by atoms with E-state index in [2.05, 4.69) is 10.2 Å². The number of hydrogen-bond acceptors (Lipinski definition) is 6. The van der Waals surface area contributed by atoms with Gasteiger partial charge in [0.1, 0.15) is 24.4 Å². The number of amides is 1. The Balaban J connectivity index is 1.88. The zero-order chi connectivity index (χ0) is 21.6. The molecule has 1 atom stereocenters. The molecule has 30 heavy (non-hydrogen) atoms. The van der Waals surface area contributed by atoms with Crippen molar-refractivity contribution in [1.29, 1.82) is 0 Å². The average molecular weight is 418 g/mol. The van der Waals surface area contributed by atoms with Gasteiger partial charge in [-0.2, -0.15) is 0 Å². The number of benzene rings is 1. The van der Waals surface area contributed by atoms with Crippen LogP contribution in [0.1, 0.15) is 23.3 Å². The Labute approximate surface area is 171 Å². The number of nitrogens with zero attached hydrogens (tertiary/aromatic N) is 3. The predicted octanol–water partition coefficient (Wildman–Crippen LogP) is 0.660. The Morgan fingerprint density at radius 2 is 2.00 bits per heavy atom. The van der Waals surface area contributed by atoms with Crippen LogP contribution in [0.2, 0.25) is 0 Å². The second-order valence-electron chi connectivity index (χ2n) is 7.74. The maximum atomic E-state index is 15.2. The molecule has 1 amide bonds. The highest BCUT2D eigenvalue weighted by atomic mass is 19.1. The van der Waals surface area contributed by atoms with Crippen LogP contribution in [0.5, 0.6) is 5.75 Å². The molecule has 0 aliphatic carbocycles. The summed E-state index contributed by atoms with van der Waals surface area (Å²) >= 11 is 0. The number of aromatic nitrogens is 1. The Morgan fingerprint density at radius 3 is 2.67 bits per heavy atom. The fourth-order valence-corrected chi connectivity index (χ4v) is 3.95. The third kappa shape index (κ3) is 3.36. The molecule has 0 radical (unpaired) electrons. The summed E-state index contributed by atoms with van der Waals surface area (Å²) in [6.45, 7) is 4.33. The number of likely N-dealkylation sites (N-methyl/N-ethyl adjacent to an activating group) is 1. The minimum Gasteiger partial charge on any atom is -0.487 e. The lowest BCUT2D eigenvalue weighted by molar-refractivity contribution is -0.135. The van der Waals surface area contributed by atoms with Crippen molar-refractivity contribution in [1.82, 2.24) is 14.8 Å². The second-order valence-corrected chi connectivity index (χ2v) is 7.74. The molecule has 0 spiro atoms. The number of pyridine rings is 1. The van der Waals surface area contributed by atoms with Crippen molar-refractivity contribution in [3.05, 3.63) is 33.9 Å². The zero-order valence-electron chi connectivity index (χ0n) is 16.8. The van der Waals surface area contributed by atoms with Crippen molar-refractivity contribution >= 4 is 28.5 Å². The van der Waals surface area contributed by atoms with Crippen LogP contribution in [-0.2, 0) is 4.79 Å². The van der Waals surface area contributed by atoms with E-state index in [0.717, 1.165) is 19.2 Å². The first-order valence-corrected chi connectivity index (χ1v) is 9.75. The van der Waals surface area contributed by atoms with E-state index in [4.69, 9.17) is 9.84 Å². The van der Waals surface area contributed by atoms with Crippen LogP contribution in [0.4, 0.5) is 10.1 Å². The van der Waals surface area contributed by atoms with E-state index in [9.17, 15) is 14.4 Å². The second kappa shape index (κ2) is 7.60. The molecule has 1 fully saturated rings. The number of halogens is 1. The lowest BCUT2D eigenvalue weighted by Gasteiger charge is -2.37. The van der Waals surface area contributed by atoms with E-state index in [1.165, 1.54) is 6.20 Å². The number of carbonyl (C=O) groups is 2. The van der Waals surface area contributed by atoms with Crippen LogP contribution in [0.25, 0.3) is 10.9 Å². The summed E-state index contributed by atoms with van der Waals surface area (Å²) < 4.78 is 22.8. The van der Waals surface area contributed by atoms with Crippen LogP contribution in [0, 0.1) is 5.82 Å². The van der Waals surface area contributed by atoms with Gasteiger partial charge in [-0.15, -0.1) is 0 Å². The first kappa shape index (κ1) is 20.1. The molecule has 1 aromatic heterocycles. The molecule has 160 valence electrons. The summed E-state index contributed by atoms with van der Waals surface area (Å²) in [5.41, 5.74) is -0.107. The van der Waals surface area contributed by atoms with Crippen molar-refractivity contribution in [2.24, 2.45) is 0 Å². The number of carboxylic acids is 1. The maximum Gasteiger partial charge on any atom is 0.322 e. The number of carbonyl (C=O) groups excluding carboxylic acids is 1. The first-order valence-electron chi connectivity index (χ1n) is 9.75. The normalized spacial score (nSPS) is 18.9. The van der Waals surface area contributed by atoms with E-state index in [0.29, 0.717) is 30.0 Å². The summed E-state index contributed by atoms with van der Waals surface area (Å²) in [4.78, 5) is 40.2. The number of nitrogens with one attached hydrogen (secondary N) is 1. The van der Waals surface area contributed by atoms with Gasteiger partial charge >= 0.3 is 5.97 Å². The van der Waals surface area contributed by atoms with E-state index in [1.54, 1.807) is 4.57 Å². The van der Waals surface area contributed by atoms with Crippen LogP contribution < -0.4 is 20.4 Å². The molecule has 2 aromatic rings. The van der Waals surface area contributed by atoms with Crippen LogP contribution in [0.3, 0.4) is 0 Å². The topological polar surface area (TPSA) is 104 Å². The molecule has 1 aromatic carbocycles. The lowest BCUT2D eigenvalue weighted by atomic mass is 10.0. The van der Waals surface area contributed by atoms with Gasteiger partial charge in [-0.3, -0.25) is 14.4 Å². The fourth-order valence-electron chi connectivity index (χ4n) is 3.95. The van der Waals surface area contributed by atoms with Crippen molar-refractivity contribution in [3.63, 3.8) is 0 Å². The molecule has 1 saturated heterocycles. The highest BCUT2D eigenvalue weighted by Gasteiger charge is 2.31. The van der Waals surface area contributed by atoms with Gasteiger partial charge in [0, 0.05) is 32.4 Å². The molecule has 0 bridgehead atoms. The quantitative estimate of drug-likeness (QED) is 0.752. The van der Waals surface area contributed by atoms with Crippen LogP contribution in [0.15, 0.2) is 17.1 Å². The Bertz CT molecular complexity index is 1090. The third-order valence-corrected chi connectivity index (χ3v) is 5.61. The summed E-state index contributed by atoms with van der Waals surface area (Å²) in [7, 11) is 2.00. The number of ether oxygens (including phenoxy) is 1. The highest BCUT2D eigenvalue weighted by Crippen LogP contribution is 2.42. The van der Waals surface area contributed by atoms with Crippen LogP contribution >= 0.6 is 0 Å². The van der Waals surface area contributed by atoms with Gasteiger partial charge in [-0.25, -0.2) is 4.39 Å². The van der Waals surface area contributed by atoms with E-state index < -0.39 is 29.7 Å². The van der Waals surface area contributed by atoms with Gasteiger partial charge in [0.2, 0.25) is 5.43 Å². The maximum absolute atomic E-state index is 15.2. The monoisotopic (exact) mass is 418 g/mol. The van der Waals surface area contributed by atoms with Crippen molar-refractivity contribution in [2.45, 2.75) is 13.0 Å². The first-order chi connectivity index (χ1) is 14.3. The number of anilines is 1. The number of carboxylic acid groups (broad SMARTS) is 1. The summed E-state index contributed by atoms with van der Waals surface area (Å²) in [6.07, 6.45) is 1.41. The molecule has 2 N–H and O–H groups in total. The molecule has 2 aliphatic rings. The summed E-state index contributed by atoms with van der Waals surface area (Å²) in [5.74, 6) is -2.31. The summed E-state index contributed by atoms with van der Waals surface area (Å²) in [5, 5.41) is 11.0. The van der Waals surface area contributed by atoms with Gasteiger partial charge in [0.05, 0.1) is 16.9 Å². The molecule has 0 unspecified atom stereocenters. The zero-order valence-corrected chi connectivity index (χ0v) is 16.8. The van der Waals surface area contributed by atoms with E-state index in [-0.39, 0.29) is 23.6 Å². The minimum absolute atomic E-state index is 0.0369. The molecular formula is C20H23FN4O5. The Hall–Kier alpha value is -3.14. The van der Waals surface area contributed by atoms with E-state index in [1.807, 2.05) is 18.9 Å². The Kier molecular flexibility index (Phi) is 5.10. The molecule has 2 aliphatic heterocycles. The lowest BCUT2D eigenvalue weighted by Crippen LogP contribution is -2.45. The predicted molar refractivity (Wildman–Crippen MR) is 108 cm³/mol.